The Balaban J connectivity index is 2.05. The minimum Gasteiger partial charge on any atom is -0.453 e. The fraction of sp³-hybridized carbons (Fsp3) is 0.0714. The van der Waals surface area contributed by atoms with Gasteiger partial charge in [-0.1, -0.05) is 29.8 Å². The third-order valence-electron chi connectivity index (χ3n) is 2.73. The van der Waals surface area contributed by atoms with Crippen molar-refractivity contribution in [1.82, 2.24) is 9.97 Å². The lowest BCUT2D eigenvalue weighted by Gasteiger charge is -2.07. The van der Waals surface area contributed by atoms with Crippen LogP contribution in [0.1, 0.15) is 5.82 Å². The summed E-state index contributed by atoms with van der Waals surface area (Å²) in [5, 5.41) is 9.65. The first-order valence-corrected chi connectivity index (χ1v) is 6.16. The third-order valence-corrected chi connectivity index (χ3v) is 3.04. The lowest BCUT2D eigenvalue weighted by atomic mass is 10.3. The highest BCUT2D eigenvalue weighted by Crippen LogP contribution is 2.32. The standard InChI is InChI=1S/C14H11ClN2O2/c15-9-4-1-2-6-11(9)19-12-7-3-5-10-14(12)17-13(8-18)16-10/h1-7,18H,8H2,(H,16,17). The molecule has 3 rings (SSSR count). The molecule has 3 aromatic rings. The van der Waals surface area contributed by atoms with Gasteiger partial charge in [-0.15, -0.1) is 0 Å². The molecule has 0 radical (unpaired) electrons. The van der Waals surface area contributed by atoms with E-state index in [1.165, 1.54) is 0 Å². The zero-order valence-electron chi connectivity index (χ0n) is 9.93. The number of aliphatic hydroxyl groups is 1. The number of imidazole rings is 1. The fourth-order valence-electron chi connectivity index (χ4n) is 1.86. The second-order valence-corrected chi connectivity index (χ2v) is 4.43. The number of H-pyrrole nitrogens is 1. The Morgan fingerprint density at radius 2 is 1.89 bits per heavy atom. The summed E-state index contributed by atoms with van der Waals surface area (Å²) in [5.74, 6) is 1.68. The number of hydrogen-bond donors (Lipinski definition) is 2. The van der Waals surface area contributed by atoms with Crippen LogP contribution < -0.4 is 4.74 Å². The zero-order chi connectivity index (χ0) is 13.2. The number of hydrogen-bond acceptors (Lipinski definition) is 3. The maximum absolute atomic E-state index is 9.11. The molecule has 19 heavy (non-hydrogen) atoms. The summed E-state index contributed by atoms with van der Waals surface area (Å²) >= 11 is 6.06. The zero-order valence-corrected chi connectivity index (χ0v) is 10.7. The molecule has 0 aliphatic carbocycles. The number of fused-ring (bicyclic) bond motifs is 1. The van der Waals surface area contributed by atoms with Crippen LogP contribution in [-0.2, 0) is 6.61 Å². The number of nitrogens with zero attached hydrogens (tertiary/aromatic N) is 1. The van der Waals surface area contributed by atoms with Crippen molar-refractivity contribution in [2.75, 3.05) is 0 Å². The van der Waals surface area contributed by atoms with Gasteiger partial charge in [-0.2, -0.15) is 0 Å². The van der Waals surface area contributed by atoms with Crippen LogP contribution in [0.25, 0.3) is 11.0 Å². The number of aliphatic hydroxyl groups excluding tert-OH is 1. The van der Waals surface area contributed by atoms with Crippen molar-refractivity contribution in [1.29, 1.82) is 0 Å². The van der Waals surface area contributed by atoms with Crippen LogP contribution in [0, 0.1) is 0 Å². The summed E-state index contributed by atoms with van der Waals surface area (Å²) in [6, 6.07) is 12.8. The van der Waals surface area contributed by atoms with Crippen LogP contribution in [0.4, 0.5) is 0 Å². The van der Waals surface area contributed by atoms with Gasteiger partial charge in [0.1, 0.15) is 23.7 Å². The molecule has 4 nitrogen and oxygen atoms in total. The second-order valence-electron chi connectivity index (χ2n) is 4.03. The average Bonchev–Trinajstić information content (AvgIpc) is 2.85. The van der Waals surface area contributed by atoms with Gasteiger partial charge in [-0.3, -0.25) is 0 Å². The number of nitrogens with one attached hydrogen (secondary N) is 1. The number of benzene rings is 2. The van der Waals surface area contributed by atoms with Crippen LogP contribution in [0.2, 0.25) is 5.02 Å². The van der Waals surface area contributed by atoms with E-state index >= 15 is 0 Å². The quantitative estimate of drug-likeness (QED) is 0.768. The van der Waals surface area contributed by atoms with Gasteiger partial charge in [-0.05, 0) is 24.3 Å². The van der Waals surface area contributed by atoms with Crippen LogP contribution in [-0.4, -0.2) is 15.1 Å². The molecule has 0 aliphatic rings. The molecule has 0 fully saturated rings. The molecule has 0 aliphatic heterocycles. The number of para-hydroxylation sites is 2. The topological polar surface area (TPSA) is 58.1 Å². The lowest BCUT2D eigenvalue weighted by molar-refractivity contribution is 0.273. The third kappa shape index (κ3) is 2.28. The molecule has 0 amide bonds. The van der Waals surface area contributed by atoms with E-state index in [1.54, 1.807) is 12.1 Å². The van der Waals surface area contributed by atoms with E-state index in [1.807, 2.05) is 30.3 Å². The highest BCUT2D eigenvalue weighted by molar-refractivity contribution is 6.32. The monoisotopic (exact) mass is 274 g/mol. The smallest absolute Gasteiger partial charge is 0.155 e. The predicted octanol–water partition coefficient (Wildman–Crippen LogP) is 3.50. The predicted molar refractivity (Wildman–Crippen MR) is 73.5 cm³/mol. The van der Waals surface area contributed by atoms with E-state index < -0.39 is 0 Å². The normalized spacial score (nSPS) is 10.8. The molecular weight excluding hydrogens is 264 g/mol. The Morgan fingerprint density at radius 1 is 1.11 bits per heavy atom. The molecule has 1 heterocycles. The molecule has 96 valence electrons. The van der Waals surface area contributed by atoms with Crippen molar-refractivity contribution in [2.24, 2.45) is 0 Å². The molecule has 0 saturated heterocycles. The molecule has 0 spiro atoms. The SMILES string of the molecule is OCc1nc2c(Oc3ccccc3Cl)cccc2[nH]1. The maximum Gasteiger partial charge on any atom is 0.155 e. The molecule has 0 unspecified atom stereocenters. The number of rotatable bonds is 3. The van der Waals surface area contributed by atoms with Crippen LogP contribution in [0.3, 0.4) is 0 Å². The first-order valence-electron chi connectivity index (χ1n) is 5.79. The average molecular weight is 275 g/mol. The number of aromatic nitrogens is 2. The first kappa shape index (κ1) is 12.0. The molecule has 0 atom stereocenters. The molecular formula is C14H11ClN2O2. The Kier molecular flexibility index (Phi) is 3.11. The Bertz CT molecular complexity index is 724. The van der Waals surface area contributed by atoms with Crippen LogP contribution in [0.5, 0.6) is 11.5 Å². The Labute approximate surface area is 114 Å². The number of aromatic amines is 1. The van der Waals surface area contributed by atoms with Gasteiger partial charge in [0.2, 0.25) is 0 Å². The van der Waals surface area contributed by atoms with Crippen molar-refractivity contribution in [3.63, 3.8) is 0 Å². The molecule has 2 N–H and O–H groups in total. The summed E-state index contributed by atoms with van der Waals surface area (Å²) < 4.78 is 5.78. The minimum absolute atomic E-state index is 0.139. The summed E-state index contributed by atoms with van der Waals surface area (Å²) in [4.78, 5) is 7.30. The van der Waals surface area contributed by atoms with Gasteiger partial charge in [0.25, 0.3) is 0 Å². The summed E-state index contributed by atoms with van der Waals surface area (Å²) in [6.07, 6.45) is 0. The van der Waals surface area contributed by atoms with Crippen molar-refractivity contribution >= 4 is 22.6 Å². The Morgan fingerprint density at radius 3 is 2.68 bits per heavy atom. The van der Waals surface area contributed by atoms with Gasteiger partial charge in [0.15, 0.2) is 5.75 Å². The van der Waals surface area contributed by atoms with Crippen LogP contribution in [0.15, 0.2) is 42.5 Å². The van der Waals surface area contributed by atoms with Crippen molar-refractivity contribution in [2.45, 2.75) is 6.61 Å². The summed E-state index contributed by atoms with van der Waals surface area (Å²) in [6.45, 7) is -0.139. The van der Waals surface area contributed by atoms with Gasteiger partial charge < -0.3 is 14.8 Å². The van der Waals surface area contributed by atoms with E-state index in [4.69, 9.17) is 21.4 Å². The fourth-order valence-corrected chi connectivity index (χ4v) is 2.03. The molecule has 0 bridgehead atoms. The molecule has 0 saturated carbocycles. The molecule has 5 heteroatoms. The first-order chi connectivity index (χ1) is 9.28. The minimum atomic E-state index is -0.139. The van der Waals surface area contributed by atoms with Crippen molar-refractivity contribution < 1.29 is 9.84 Å². The van der Waals surface area contributed by atoms with Gasteiger partial charge in [0.05, 0.1) is 10.5 Å². The second kappa shape index (κ2) is 4.91. The molecule has 2 aromatic carbocycles. The summed E-state index contributed by atoms with van der Waals surface area (Å²) in [5.41, 5.74) is 1.49. The van der Waals surface area contributed by atoms with Gasteiger partial charge in [-0.25, -0.2) is 4.98 Å². The lowest BCUT2D eigenvalue weighted by Crippen LogP contribution is -1.87. The van der Waals surface area contributed by atoms with Crippen LogP contribution >= 0.6 is 11.6 Å². The van der Waals surface area contributed by atoms with Gasteiger partial charge >= 0.3 is 0 Å². The number of halogens is 1. The van der Waals surface area contributed by atoms with E-state index in [0.717, 1.165) is 5.52 Å². The summed E-state index contributed by atoms with van der Waals surface area (Å²) in [7, 11) is 0. The van der Waals surface area contributed by atoms with Gasteiger partial charge in [0, 0.05) is 0 Å². The number of ether oxygens (including phenoxy) is 1. The van der Waals surface area contributed by atoms with Crippen molar-refractivity contribution in [3.05, 3.63) is 53.3 Å². The maximum atomic E-state index is 9.11. The molecule has 1 aromatic heterocycles. The highest BCUT2D eigenvalue weighted by Gasteiger charge is 2.09. The van der Waals surface area contributed by atoms with E-state index in [2.05, 4.69) is 9.97 Å². The highest BCUT2D eigenvalue weighted by atomic mass is 35.5. The van der Waals surface area contributed by atoms with E-state index in [9.17, 15) is 0 Å². The van der Waals surface area contributed by atoms with E-state index in [-0.39, 0.29) is 6.61 Å². The van der Waals surface area contributed by atoms with E-state index in [0.29, 0.717) is 27.9 Å². The van der Waals surface area contributed by atoms with Crippen molar-refractivity contribution in [3.8, 4) is 11.5 Å². The largest absolute Gasteiger partial charge is 0.453 e. The Hall–Kier alpha value is -2.04.